The standard InChI is InChI=1S/C15H14FNOS/c1-10-3-2-4-12(14(10)16)15(18)17-7-5-13-11(9-17)6-8-19-13/h2-4,6,8H,5,7,9H2,1H3. The molecule has 0 aliphatic carbocycles. The maximum absolute atomic E-state index is 14.0. The molecule has 19 heavy (non-hydrogen) atoms. The first kappa shape index (κ1) is 12.4. The Morgan fingerprint density at radius 3 is 3.05 bits per heavy atom. The smallest absolute Gasteiger partial charge is 0.257 e. The molecule has 1 aromatic heterocycles. The van der Waals surface area contributed by atoms with Crippen LogP contribution in [-0.2, 0) is 13.0 Å². The largest absolute Gasteiger partial charge is 0.334 e. The van der Waals surface area contributed by atoms with Crippen molar-refractivity contribution in [1.29, 1.82) is 0 Å². The van der Waals surface area contributed by atoms with Gasteiger partial charge in [0.25, 0.3) is 5.91 Å². The predicted octanol–water partition coefficient (Wildman–Crippen LogP) is 3.39. The second kappa shape index (κ2) is 4.78. The Morgan fingerprint density at radius 2 is 2.21 bits per heavy atom. The van der Waals surface area contributed by atoms with E-state index in [0.717, 1.165) is 6.42 Å². The molecular formula is C15H14FNOS. The summed E-state index contributed by atoms with van der Waals surface area (Å²) in [6.45, 7) is 2.93. The number of carbonyl (C=O) groups is 1. The number of amides is 1. The fourth-order valence-corrected chi connectivity index (χ4v) is 3.29. The van der Waals surface area contributed by atoms with Crippen molar-refractivity contribution in [2.24, 2.45) is 0 Å². The Hall–Kier alpha value is -1.68. The third kappa shape index (κ3) is 2.16. The molecule has 0 radical (unpaired) electrons. The van der Waals surface area contributed by atoms with Crippen LogP contribution < -0.4 is 0 Å². The number of hydrogen-bond donors (Lipinski definition) is 0. The van der Waals surface area contributed by atoms with Crippen molar-refractivity contribution < 1.29 is 9.18 Å². The average molecular weight is 275 g/mol. The second-order valence-electron chi connectivity index (χ2n) is 4.78. The average Bonchev–Trinajstić information content (AvgIpc) is 2.88. The van der Waals surface area contributed by atoms with Gasteiger partial charge in [-0.25, -0.2) is 4.39 Å². The van der Waals surface area contributed by atoms with E-state index in [-0.39, 0.29) is 11.5 Å². The summed E-state index contributed by atoms with van der Waals surface area (Å²) >= 11 is 1.73. The fraction of sp³-hybridized carbons (Fsp3) is 0.267. The van der Waals surface area contributed by atoms with Gasteiger partial charge in [-0.3, -0.25) is 4.79 Å². The van der Waals surface area contributed by atoms with Crippen LogP contribution in [0.3, 0.4) is 0 Å². The Balaban J connectivity index is 1.88. The lowest BCUT2D eigenvalue weighted by Gasteiger charge is -2.27. The monoisotopic (exact) mass is 275 g/mol. The van der Waals surface area contributed by atoms with E-state index in [2.05, 4.69) is 0 Å². The van der Waals surface area contributed by atoms with E-state index in [0.29, 0.717) is 18.7 Å². The van der Waals surface area contributed by atoms with Gasteiger partial charge in [0.05, 0.1) is 5.56 Å². The van der Waals surface area contributed by atoms with Crippen LogP contribution in [0.2, 0.25) is 0 Å². The minimum atomic E-state index is -0.399. The molecule has 0 atom stereocenters. The zero-order valence-electron chi connectivity index (χ0n) is 10.6. The van der Waals surface area contributed by atoms with Crippen LogP contribution in [0.15, 0.2) is 29.6 Å². The first-order valence-corrected chi connectivity index (χ1v) is 7.14. The number of benzene rings is 1. The number of rotatable bonds is 1. The van der Waals surface area contributed by atoms with Crippen molar-refractivity contribution >= 4 is 17.2 Å². The SMILES string of the molecule is Cc1cccc(C(=O)N2CCc3sccc3C2)c1F. The molecule has 1 amide bonds. The second-order valence-corrected chi connectivity index (χ2v) is 5.78. The molecule has 0 N–H and O–H groups in total. The first-order chi connectivity index (χ1) is 9.16. The minimum absolute atomic E-state index is 0.179. The van der Waals surface area contributed by atoms with E-state index in [1.807, 2.05) is 11.4 Å². The van der Waals surface area contributed by atoms with Gasteiger partial charge in [0.2, 0.25) is 0 Å². The Kier molecular flexibility index (Phi) is 3.11. The molecule has 0 fully saturated rings. The first-order valence-electron chi connectivity index (χ1n) is 6.26. The Bertz CT molecular complexity index is 635. The normalized spacial score (nSPS) is 14.3. The molecule has 0 saturated carbocycles. The molecule has 0 unspecified atom stereocenters. The number of nitrogens with zero attached hydrogens (tertiary/aromatic N) is 1. The van der Waals surface area contributed by atoms with Crippen LogP contribution in [0.5, 0.6) is 0 Å². The number of fused-ring (bicyclic) bond motifs is 1. The van der Waals surface area contributed by atoms with Crippen molar-refractivity contribution in [3.05, 3.63) is 57.0 Å². The molecule has 0 spiro atoms. The third-order valence-corrected chi connectivity index (χ3v) is 4.54. The summed E-state index contributed by atoms with van der Waals surface area (Å²) in [5.74, 6) is -0.610. The van der Waals surface area contributed by atoms with E-state index in [4.69, 9.17) is 0 Å². The van der Waals surface area contributed by atoms with Gasteiger partial charge in [-0.2, -0.15) is 0 Å². The number of thiophene rings is 1. The third-order valence-electron chi connectivity index (χ3n) is 3.52. The van der Waals surface area contributed by atoms with Gasteiger partial charge in [-0.05, 0) is 42.0 Å². The van der Waals surface area contributed by atoms with E-state index >= 15 is 0 Å². The molecule has 2 aromatic rings. The van der Waals surface area contributed by atoms with Crippen LogP contribution in [-0.4, -0.2) is 17.4 Å². The van der Waals surface area contributed by atoms with Crippen molar-refractivity contribution in [3.63, 3.8) is 0 Å². The minimum Gasteiger partial charge on any atom is -0.334 e. The van der Waals surface area contributed by atoms with Crippen LogP contribution >= 0.6 is 11.3 Å². The van der Waals surface area contributed by atoms with E-state index in [1.165, 1.54) is 10.4 Å². The van der Waals surface area contributed by atoms with Gasteiger partial charge < -0.3 is 4.90 Å². The lowest BCUT2D eigenvalue weighted by atomic mass is 10.1. The molecule has 0 saturated heterocycles. The number of halogens is 1. The number of carbonyl (C=O) groups excluding carboxylic acids is 1. The van der Waals surface area contributed by atoms with E-state index in [9.17, 15) is 9.18 Å². The number of aryl methyl sites for hydroxylation is 1. The molecule has 98 valence electrons. The zero-order valence-corrected chi connectivity index (χ0v) is 11.5. The lowest BCUT2D eigenvalue weighted by Crippen LogP contribution is -2.35. The van der Waals surface area contributed by atoms with Crippen LogP contribution in [0, 0.1) is 12.7 Å². The summed E-state index contributed by atoms with van der Waals surface area (Å²) in [5, 5.41) is 2.05. The predicted molar refractivity (Wildman–Crippen MR) is 73.9 cm³/mol. The molecule has 3 rings (SSSR count). The van der Waals surface area contributed by atoms with Crippen molar-refractivity contribution in [1.82, 2.24) is 4.90 Å². The highest BCUT2D eigenvalue weighted by atomic mass is 32.1. The van der Waals surface area contributed by atoms with E-state index in [1.54, 1.807) is 41.4 Å². The van der Waals surface area contributed by atoms with Gasteiger partial charge in [-0.15, -0.1) is 11.3 Å². The highest BCUT2D eigenvalue weighted by Crippen LogP contribution is 2.25. The van der Waals surface area contributed by atoms with Gasteiger partial charge in [0.1, 0.15) is 5.82 Å². The topological polar surface area (TPSA) is 20.3 Å². The zero-order chi connectivity index (χ0) is 13.4. The molecule has 1 aliphatic heterocycles. The maximum atomic E-state index is 14.0. The Morgan fingerprint density at radius 1 is 1.37 bits per heavy atom. The summed E-state index contributed by atoms with van der Waals surface area (Å²) in [6, 6.07) is 7.02. The van der Waals surface area contributed by atoms with Crippen LogP contribution in [0.25, 0.3) is 0 Å². The molecule has 2 nitrogen and oxygen atoms in total. The summed E-state index contributed by atoms with van der Waals surface area (Å²) in [5.41, 5.74) is 1.88. The summed E-state index contributed by atoms with van der Waals surface area (Å²) < 4.78 is 14.0. The van der Waals surface area contributed by atoms with Crippen LogP contribution in [0.4, 0.5) is 4.39 Å². The van der Waals surface area contributed by atoms with Crippen LogP contribution in [0.1, 0.15) is 26.4 Å². The lowest BCUT2D eigenvalue weighted by molar-refractivity contribution is 0.0731. The van der Waals surface area contributed by atoms with Gasteiger partial charge in [-0.1, -0.05) is 12.1 Å². The summed E-state index contributed by atoms with van der Waals surface area (Å²) in [6.07, 6.45) is 0.867. The summed E-state index contributed by atoms with van der Waals surface area (Å²) in [7, 11) is 0. The highest BCUT2D eigenvalue weighted by Gasteiger charge is 2.24. The highest BCUT2D eigenvalue weighted by molar-refractivity contribution is 7.10. The summed E-state index contributed by atoms with van der Waals surface area (Å²) in [4.78, 5) is 15.5. The molecule has 0 bridgehead atoms. The van der Waals surface area contributed by atoms with Crippen molar-refractivity contribution in [2.75, 3.05) is 6.54 Å². The van der Waals surface area contributed by atoms with Gasteiger partial charge in [0, 0.05) is 18.0 Å². The van der Waals surface area contributed by atoms with Gasteiger partial charge >= 0.3 is 0 Å². The molecule has 2 heterocycles. The molecule has 1 aromatic carbocycles. The van der Waals surface area contributed by atoms with Crippen molar-refractivity contribution in [3.8, 4) is 0 Å². The number of hydrogen-bond acceptors (Lipinski definition) is 2. The Labute approximate surface area is 115 Å². The molecular weight excluding hydrogens is 261 g/mol. The maximum Gasteiger partial charge on any atom is 0.257 e. The van der Waals surface area contributed by atoms with Crippen molar-refractivity contribution in [2.45, 2.75) is 19.9 Å². The molecule has 1 aliphatic rings. The fourth-order valence-electron chi connectivity index (χ4n) is 2.40. The molecule has 4 heteroatoms. The van der Waals surface area contributed by atoms with E-state index < -0.39 is 5.82 Å². The quantitative estimate of drug-likeness (QED) is 0.781. The van der Waals surface area contributed by atoms with Gasteiger partial charge in [0.15, 0.2) is 0 Å².